The number of hydrogen-bond donors (Lipinski definition) is 3. The van der Waals surface area contributed by atoms with Gasteiger partial charge in [0.25, 0.3) is 5.56 Å². The molecule has 4 aromatic rings. The van der Waals surface area contributed by atoms with E-state index < -0.39 is 0 Å². The molecule has 2 atom stereocenters. The van der Waals surface area contributed by atoms with Crippen molar-refractivity contribution >= 4 is 16.6 Å². The van der Waals surface area contributed by atoms with Crippen LogP contribution in [0.5, 0.6) is 5.88 Å². The molecule has 1 fully saturated rings. The number of methoxy groups -OCH3 is 1. The molecule has 1 saturated heterocycles. The van der Waals surface area contributed by atoms with E-state index in [-0.39, 0.29) is 17.5 Å². The van der Waals surface area contributed by atoms with Gasteiger partial charge in [-0.05, 0) is 54.1 Å². The first-order valence-electron chi connectivity index (χ1n) is 12.2. The van der Waals surface area contributed by atoms with Gasteiger partial charge in [0.2, 0.25) is 5.88 Å². The third kappa shape index (κ3) is 4.29. The van der Waals surface area contributed by atoms with E-state index in [1.165, 1.54) is 5.56 Å². The Kier molecular flexibility index (Phi) is 5.72. The number of nitrogens with zero attached hydrogens (tertiary/aromatic N) is 2. The van der Waals surface area contributed by atoms with E-state index >= 15 is 0 Å². The number of piperidine rings is 1. The molecule has 2 aromatic heterocycles. The third-order valence-corrected chi connectivity index (χ3v) is 7.20. The minimum Gasteiger partial charge on any atom is -0.481 e. The summed E-state index contributed by atoms with van der Waals surface area (Å²) < 4.78 is 5.20. The van der Waals surface area contributed by atoms with Crippen LogP contribution in [0.2, 0.25) is 0 Å². The molecule has 35 heavy (non-hydrogen) atoms. The van der Waals surface area contributed by atoms with E-state index in [2.05, 4.69) is 68.2 Å². The van der Waals surface area contributed by atoms with Crippen LogP contribution in [-0.4, -0.2) is 35.1 Å². The highest BCUT2D eigenvalue weighted by Gasteiger charge is 2.27. The van der Waals surface area contributed by atoms with Crippen molar-refractivity contribution in [2.45, 2.75) is 31.3 Å². The highest BCUT2D eigenvalue weighted by atomic mass is 16.5. The quantitative estimate of drug-likeness (QED) is 0.405. The second-order valence-corrected chi connectivity index (χ2v) is 9.48. The summed E-state index contributed by atoms with van der Waals surface area (Å²) in [5.41, 5.74) is 12.8. The number of benzene rings is 2. The molecule has 7 heteroatoms. The van der Waals surface area contributed by atoms with Crippen molar-refractivity contribution in [1.82, 2.24) is 20.3 Å². The maximum atomic E-state index is 13.1. The van der Waals surface area contributed by atoms with Gasteiger partial charge in [-0.15, -0.1) is 0 Å². The Bertz CT molecular complexity index is 1400. The van der Waals surface area contributed by atoms with Gasteiger partial charge in [0, 0.05) is 42.4 Å². The van der Waals surface area contributed by atoms with Crippen LogP contribution in [0.4, 0.5) is 5.69 Å². The van der Waals surface area contributed by atoms with E-state index in [1.807, 2.05) is 24.4 Å². The average Bonchev–Trinajstić information content (AvgIpc) is 3.30. The van der Waals surface area contributed by atoms with Gasteiger partial charge in [-0.1, -0.05) is 36.4 Å². The lowest BCUT2D eigenvalue weighted by molar-refractivity contribution is 0.199. The molecule has 2 aliphatic rings. The molecule has 2 aliphatic heterocycles. The van der Waals surface area contributed by atoms with Gasteiger partial charge in [-0.2, -0.15) is 0 Å². The highest BCUT2D eigenvalue weighted by Crippen LogP contribution is 2.36. The van der Waals surface area contributed by atoms with Gasteiger partial charge >= 0.3 is 0 Å². The monoisotopic (exact) mass is 467 g/mol. The van der Waals surface area contributed by atoms with Gasteiger partial charge < -0.3 is 15.1 Å². The number of ether oxygens (including phenoxy) is 1. The molecule has 6 rings (SSSR count). The fraction of sp³-hybridized carbons (Fsp3) is 0.286. The molecule has 0 aliphatic carbocycles. The number of hydrogen-bond acceptors (Lipinski definition) is 6. The Hall–Kier alpha value is -3.68. The number of likely N-dealkylation sites (tertiary alicyclic amines) is 1. The van der Waals surface area contributed by atoms with Crippen molar-refractivity contribution in [3.05, 3.63) is 99.5 Å². The molecule has 0 saturated carbocycles. The maximum absolute atomic E-state index is 13.1. The fourth-order valence-corrected chi connectivity index (χ4v) is 5.41. The van der Waals surface area contributed by atoms with Crippen molar-refractivity contribution in [2.75, 3.05) is 25.6 Å². The van der Waals surface area contributed by atoms with Crippen molar-refractivity contribution in [3.8, 4) is 5.88 Å². The Balaban J connectivity index is 1.30. The van der Waals surface area contributed by atoms with Crippen LogP contribution >= 0.6 is 0 Å². The second kappa shape index (κ2) is 9.17. The summed E-state index contributed by atoms with van der Waals surface area (Å²) in [5, 5.41) is 1.05. The number of fused-ring (bicyclic) bond motifs is 2. The van der Waals surface area contributed by atoms with Gasteiger partial charge in [-0.3, -0.25) is 9.69 Å². The predicted molar refractivity (Wildman–Crippen MR) is 138 cm³/mol. The molecule has 0 bridgehead atoms. The molecule has 3 N–H and O–H groups in total. The Morgan fingerprint density at radius 2 is 1.94 bits per heavy atom. The predicted octanol–water partition coefficient (Wildman–Crippen LogP) is 4.33. The molecule has 0 radical (unpaired) electrons. The molecular weight excluding hydrogens is 438 g/mol. The van der Waals surface area contributed by atoms with Crippen molar-refractivity contribution in [2.24, 2.45) is 0 Å². The maximum Gasteiger partial charge on any atom is 0.251 e. The van der Waals surface area contributed by atoms with Gasteiger partial charge in [0.15, 0.2) is 0 Å². The third-order valence-electron chi connectivity index (χ3n) is 7.20. The summed E-state index contributed by atoms with van der Waals surface area (Å²) in [5.74, 6) is 0.821. The molecule has 7 nitrogen and oxygen atoms in total. The normalized spacial score (nSPS) is 19.9. The fourth-order valence-electron chi connectivity index (χ4n) is 5.41. The van der Waals surface area contributed by atoms with Crippen molar-refractivity contribution in [1.29, 1.82) is 0 Å². The summed E-state index contributed by atoms with van der Waals surface area (Å²) in [6.07, 6.45) is 3.97. The van der Waals surface area contributed by atoms with Crippen LogP contribution in [0.1, 0.15) is 47.1 Å². The van der Waals surface area contributed by atoms with Crippen molar-refractivity contribution in [3.63, 3.8) is 0 Å². The minimum absolute atomic E-state index is 0.0193. The highest BCUT2D eigenvalue weighted by molar-refractivity contribution is 5.85. The zero-order valence-corrected chi connectivity index (χ0v) is 19.8. The number of nitrogens with one attached hydrogen (secondary N) is 3. The first-order chi connectivity index (χ1) is 17.2. The smallest absolute Gasteiger partial charge is 0.251 e. The summed E-state index contributed by atoms with van der Waals surface area (Å²) in [7, 11) is 1.62. The first kappa shape index (κ1) is 21.8. The molecular formula is C28H29N5O2. The summed E-state index contributed by atoms with van der Waals surface area (Å²) in [6.45, 7) is 2.89. The number of pyridine rings is 2. The number of aromatic nitrogens is 2. The Morgan fingerprint density at radius 1 is 1.09 bits per heavy atom. The number of aromatic amines is 1. The van der Waals surface area contributed by atoms with Crippen LogP contribution in [0.15, 0.2) is 71.7 Å². The van der Waals surface area contributed by atoms with Crippen LogP contribution in [-0.2, 0) is 6.54 Å². The summed E-state index contributed by atoms with van der Waals surface area (Å²) in [4.78, 5) is 23.1. The van der Waals surface area contributed by atoms with E-state index in [4.69, 9.17) is 4.74 Å². The number of rotatable bonds is 5. The molecule has 0 spiro atoms. The summed E-state index contributed by atoms with van der Waals surface area (Å²) in [6, 6.07) is 20.7. The topological polar surface area (TPSA) is 82.3 Å². The van der Waals surface area contributed by atoms with E-state index in [0.717, 1.165) is 65.8 Å². The van der Waals surface area contributed by atoms with Gasteiger partial charge in [-0.25, -0.2) is 10.4 Å². The summed E-state index contributed by atoms with van der Waals surface area (Å²) >= 11 is 0. The average molecular weight is 468 g/mol. The standard InChI is InChI=1S/C28H29N5O2/c1-35-26-10-9-19(15-29-26)27-23-13-21-12-22(28(34)30-24(21)14-25(23)31-32-27)20-8-5-11-33(17-20)16-18-6-3-2-4-7-18/h2-4,6-7,9-10,12-15,20,27,31-32H,5,8,11,16-17H2,1H3,(H,30,34). The molecule has 0 amide bonds. The zero-order chi connectivity index (χ0) is 23.8. The molecule has 2 unspecified atom stereocenters. The van der Waals surface area contributed by atoms with Gasteiger partial charge in [0.05, 0.1) is 24.4 Å². The minimum atomic E-state index is -0.0285. The van der Waals surface area contributed by atoms with Gasteiger partial charge in [0.1, 0.15) is 0 Å². The molecule has 4 heterocycles. The SMILES string of the molecule is COc1ccc(C2NNc3cc4[nH]c(=O)c(C5CCCN(Cc6ccccc6)C5)cc4cc32)cn1. The van der Waals surface area contributed by atoms with Crippen LogP contribution in [0, 0.1) is 0 Å². The lowest BCUT2D eigenvalue weighted by Crippen LogP contribution is -2.35. The second-order valence-electron chi connectivity index (χ2n) is 9.48. The van der Waals surface area contributed by atoms with E-state index in [0.29, 0.717) is 5.88 Å². The lowest BCUT2D eigenvalue weighted by Gasteiger charge is -2.32. The molecule has 2 aromatic carbocycles. The Labute approximate surface area is 204 Å². The van der Waals surface area contributed by atoms with Crippen molar-refractivity contribution < 1.29 is 4.74 Å². The largest absolute Gasteiger partial charge is 0.481 e. The first-order valence-corrected chi connectivity index (χ1v) is 12.2. The lowest BCUT2D eigenvalue weighted by atomic mass is 9.90. The molecule has 178 valence electrons. The number of H-pyrrole nitrogens is 1. The van der Waals surface area contributed by atoms with E-state index in [9.17, 15) is 4.79 Å². The van der Waals surface area contributed by atoms with Crippen LogP contribution in [0.25, 0.3) is 10.9 Å². The number of anilines is 1. The van der Waals surface area contributed by atoms with E-state index in [1.54, 1.807) is 7.11 Å². The van der Waals surface area contributed by atoms with Crippen LogP contribution in [0.3, 0.4) is 0 Å². The van der Waals surface area contributed by atoms with Crippen LogP contribution < -0.4 is 21.1 Å². The zero-order valence-electron chi connectivity index (χ0n) is 19.8. The number of hydrazine groups is 1. The Morgan fingerprint density at radius 3 is 2.74 bits per heavy atom.